The highest BCUT2D eigenvalue weighted by Gasteiger charge is 2.32. The molecule has 0 fully saturated rings. The first-order valence-corrected chi connectivity index (χ1v) is 12.5. The van der Waals surface area contributed by atoms with E-state index in [1.807, 2.05) is 12.1 Å². The average molecular weight is 426 g/mol. The Morgan fingerprint density at radius 1 is 0.871 bits per heavy atom. The fourth-order valence-electron chi connectivity index (χ4n) is 5.53. The lowest BCUT2D eigenvalue weighted by Gasteiger charge is -2.35. The highest BCUT2D eigenvalue weighted by Crippen LogP contribution is 2.38. The van der Waals surface area contributed by atoms with Gasteiger partial charge in [0.05, 0.1) is 0 Å². The van der Waals surface area contributed by atoms with E-state index in [1.54, 1.807) is 0 Å². The zero-order chi connectivity index (χ0) is 22.7. The molecule has 0 aromatic heterocycles. The van der Waals surface area contributed by atoms with E-state index in [0.717, 1.165) is 18.5 Å². The molecule has 2 heterocycles. The number of hydrogen-bond donors (Lipinski definition) is 1. The number of rotatable bonds is 0. The fourth-order valence-corrected chi connectivity index (χ4v) is 5.53. The number of ether oxygens (including phenoxy) is 1. The number of allylic oxidation sites excluding steroid dienone is 1. The lowest BCUT2D eigenvalue weighted by atomic mass is 9.73. The van der Waals surface area contributed by atoms with E-state index in [1.165, 1.54) is 18.4 Å². The summed E-state index contributed by atoms with van der Waals surface area (Å²) >= 11 is 0. The SMILES string of the molecule is CC1CC(C)C(C)C(C)CC(C)C(C)C2CCC=C(O2)C(=O)Nc2cccc(c2)C1C. The Kier molecular flexibility index (Phi) is 7.88. The predicted molar refractivity (Wildman–Crippen MR) is 130 cm³/mol. The van der Waals surface area contributed by atoms with Crippen molar-refractivity contribution >= 4 is 11.6 Å². The topological polar surface area (TPSA) is 38.3 Å². The molecule has 1 amide bonds. The van der Waals surface area contributed by atoms with Gasteiger partial charge in [-0.05, 0) is 90.9 Å². The van der Waals surface area contributed by atoms with E-state index >= 15 is 0 Å². The third-order valence-electron chi connectivity index (χ3n) is 8.57. The van der Waals surface area contributed by atoms with Gasteiger partial charge in [-0.15, -0.1) is 0 Å². The Hall–Kier alpha value is -1.77. The summed E-state index contributed by atoms with van der Waals surface area (Å²) in [5.74, 6) is 4.46. The van der Waals surface area contributed by atoms with Gasteiger partial charge in [-0.2, -0.15) is 0 Å². The van der Waals surface area contributed by atoms with E-state index in [9.17, 15) is 4.79 Å². The first-order valence-electron chi connectivity index (χ1n) is 12.5. The number of nitrogens with one attached hydrogen (secondary N) is 1. The van der Waals surface area contributed by atoms with Crippen molar-refractivity contribution in [1.82, 2.24) is 0 Å². The Labute approximate surface area is 190 Å². The van der Waals surface area contributed by atoms with Crippen LogP contribution in [0.4, 0.5) is 5.69 Å². The van der Waals surface area contributed by atoms with Gasteiger partial charge in [0, 0.05) is 5.69 Å². The van der Waals surface area contributed by atoms with Crippen molar-refractivity contribution in [3.05, 3.63) is 41.7 Å². The predicted octanol–water partition coefficient (Wildman–Crippen LogP) is 7.40. The van der Waals surface area contributed by atoms with E-state index in [-0.39, 0.29) is 12.0 Å². The van der Waals surface area contributed by atoms with Crippen LogP contribution in [0.5, 0.6) is 0 Å². The molecule has 8 atom stereocenters. The van der Waals surface area contributed by atoms with Gasteiger partial charge in [-0.25, -0.2) is 0 Å². The summed E-state index contributed by atoms with van der Waals surface area (Å²) in [6, 6.07) is 8.36. The quantitative estimate of drug-likeness (QED) is 0.470. The maximum atomic E-state index is 12.9. The summed E-state index contributed by atoms with van der Waals surface area (Å²) in [4.78, 5) is 12.9. The van der Waals surface area contributed by atoms with Crippen LogP contribution in [0.25, 0.3) is 0 Å². The fraction of sp³-hybridized carbons (Fsp3) is 0.679. The van der Waals surface area contributed by atoms with Gasteiger partial charge in [-0.1, -0.05) is 60.6 Å². The molecule has 0 radical (unpaired) electrons. The smallest absolute Gasteiger partial charge is 0.290 e. The summed E-state index contributed by atoms with van der Waals surface area (Å²) in [5, 5.41) is 3.08. The maximum Gasteiger partial charge on any atom is 0.290 e. The Morgan fingerprint density at radius 3 is 2.23 bits per heavy atom. The molecule has 8 unspecified atom stereocenters. The molecule has 31 heavy (non-hydrogen) atoms. The zero-order valence-electron chi connectivity index (χ0n) is 20.7. The molecule has 3 nitrogen and oxygen atoms in total. The van der Waals surface area contributed by atoms with E-state index < -0.39 is 0 Å². The zero-order valence-corrected chi connectivity index (χ0v) is 20.7. The lowest BCUT2D eigenvalue weighted by Crippen LogP contribution is -2.33. The van der Waals surface area contributed by atoms with Gasteiger partial charge in [-0.3, -0.25) is 4.79 Å². The summed E-state index contributed by atoms with van der Waals surface area (Å²) in [6.45, 7) is 16.7. The van der Waals surface area contributed by atoms with Crippen LogP contribution in [-0.2, 0) is 9.53 Å². The minimum absolute atomic E-state index is 0.114. The Bertz CT molecular complexity index is 785. The van der Waals surface area contributed by atoms with Crippen molar-refractivity contribution in [2.75, 3.05) is 5.32 Å². The molecule has 2 aliphatic heterocycles. The van der Waals surface area contributed by atoms with Crippen LogP contribution in [0.1, 0.15) is 85.6 Å². The van der Waals surface area contributed by atoms with E-state index in [2.05, 4.69) is 72.0 Å². The average Bonchev–Trinajstić information content (AvgIpc) is 2.76. The summed E-state index contributed by atoms with van der Waals surface area (Å²) in [5.41, 5.74) is 2.15. The van der Waals surface area contributed by atoms with Crippen molar-refractivity contribution in [1.29, 1.82) is 0 Å². The molecule has 2 aliphatic rings. The minimum Gasteiger partial charge on any atom is -0.485 e. The summed E-state index contributed by atoms with van der Waals surface area (Å²) in [7, 11) is 0. The monoisotopic (exact) mass is 425 g/mol. The van der Waals surface area contributed by atoms with Crippen molar-refractivity contribution in [2.45, 2.75) is 86.2 Å². The summed E-state index contributed by atoms with van der Waals surface area (Å²) < 4.78 is 6.25. The van der Waals surface area contributed by atoms with E-state index in [0.29, 0.717) is 47.2 Å². The molecule has 4 bridgehead atoms. The number of anilines is 1. The van der Waals surface area contributed by atoms with Crippen molar-refractivity contribution in [3.8, 4) is 0 Å². The lowest BCUT2D eigenvalue weighted by molar-refractivity contribution is -0.118. The number of carbonyl (C=O) groups excluding carboxylic acids is 1. The second-order valence-corrected chi connectivity index (χ2v) is 10.8. The van der Waals surface area contributed by atoms with Gasteiger partial charge >= 0.3 is 0 Å². The second kappa shape index (κ2) is 10.2. The normalized spacial score (nSPS) is 37.8. The van der Waals surface area contributed by atoms with Crippen molar-refractivity contribution < 1.29 is 9.53 Å². The molecule has 0 saturated carbocycles. The van der Waals surface area contributed by atoms with Crippen LogP contribution in [0.15, 0.2) is 36.1 Å². The summed E-state index contributed by atoms with van der Waals surface area (Å²) in [6.07, 6.45) is 6.41. The molecule has 1 N–H and O–H groups in total. The molecular formula is C28H43NO2. The number of benzene rings is 1. The molecule has 0 aliphatic carbocycles. The van der Waals surface area contributed by atoms with Crippen LogP contribution in [0.3, 0.4) is 0 Å². The van der Waals surface area contributed by atoms with Gasteiger partial charge < -0.3 is 10.1 Å². The molecule has 0 saturated heterocycles. The molecule has 1 aromatic rings. The Morgan fingerprint density at radius 2 is 1.52 bits per heavy atom. The molecule has 1 aromatic carbocycles. The molecular weight excluding hydrogens is 382 g/mol. The van der Waals surface area contributed by atoms with Gasteiger partial charge in [0.2, 0.25) is 0 Å². The second-order valence-electron chi connectivity index (χ2n) is 10.8. The third-order valence-corrected chi connectivity index (χ3v) is 8.57. The first kappa shape index (κ1) is 23.9. The van der Waals surface area contributed by atoms with Gasteiger partial charge in [0.25, 0.3) is 5.91 Å². The molecule has 172 valence electrons. The molecule has 3 rings (SSSR count). The Balaban J connectivity index is 1.90. The van der Waals surface area contributed by atoms with Crippen molar-refractivity contribution in [3.63, 3.8) is 0 Å². The van der Waals surface area contributed by atoms with Crippen LogP contribution in [0, 0.1) is 35.5 Å². The molecule has 0 spiro atoms. The number of amides is 1. The van der Waals surface area contributed by atoms with Crippen LogP contribution in [0.2, 0.25) is 0 Å². The largest absolute Gasteiger partial charge is 0.485 e. The maximum absolute atomic E-state index is 12.9. The minimum atomic E-state index is -0.123. The van der Waals surface area contributed by atoms with Crippen LogP contribution < -0.4 is 5.32 Å². The van der Waals surface area contributed by atoms with Gasteiger partial charge in [0.1, 0.15) is 6.10 Å². The number of carbonyl (C=O) groups is 1. The standard InChI is InChI=1S/C28H43NO2/c1-17-14-19(3)22(6)24-10-8-11-25(16-24)29-28(30)27-13-9-12-26(31-27)23(7)20(4)15-18(2)21(17)5/h8,10-11,13,16-23,26H,9,12,14-15H2,1-7H3,(H,29,30). The number of hydrogen-bond acceptors (Lipinski definition) is 2. The number of fused-ring (bicyclic) bond motifs is 4. The highest BCUT2D eigenvalue weighted by molar-refractivity contribution is 6.02. The highest BCUT2D eigenvalue weighted by atomic mass is 16.5. The third kappa shape index (κ3) is 5.73. The van der Waals surface area contributed by atoms with Crippen LogP contribution in [-0.4, -0.2) is 12.0 Å². The van der Waals surface area contributed by atoms with Gasteiger partial charge in [0.15, 0.2) is 5.76 Å². The van der Waals surface area contributed by atoms with E-state index in [4.69, 9.17) is 4.74 Å². The molecule has 3 heteroatoms. The van der Waals surface area contributed by atoms with Crippen LogP contribution >= 0.6 is 0 Å². The van der Waals surface area contributed by atoms with Crippen molar-refractivity contribution in [2.24, 2.45) is 35.5 Å². The first-order chi connectivity index (χ1) is 14.7.